The predicted molar refractivity (Wildman–Crippen MR) is 109 cm³/mol. The van der Waals surface area contributed by atoms with Gasteiger partial charge in [-0.25, -0.2) is 9.78 Å². The number of thiazole rings is 1. The molecule has 0 atom stereocenters. The van der Waals surface area contributed by atoms with Crippen molar-refractivity contribution in [2.24, 2.45) is 0 Å². The molecule has 140 valence electrons. The number of hydrogen-bond donors (Lipinski definition) is 0. The van der Waals surface area contributed by atoms with E-state index in [4.69, 9.17) is 16.3 Å². The monoisotopic (exact) mass is 409 g/mol. The largest absolute Gasteiger partial charge is 0.456 e. The van der Waals surface area contributed by atoms with Crippen LogP contribution in [0.2, 0.25) is 5.02 Å². The summed E-state index contributed by atoms with van der Waals surface area (Å²) in [5.74, 6) is -0.369. The van der Waals surface area contributed by atoms with Crippen LogP contribution >= 0.6 is 22.9 Å². The van der Waals surface area contributed by atoms with Gasteiger partial charge >= 0.3 is 5.97 Å². The molecule has 4 rings (SSSR count). The van der Waals surface area contributed by atoms with Crippen molar-refractivity contribution in [3.05, 3.63) is 94.2 Å². The Labute approximate surface area is 171 Å². The second-order valence-corrected chi connectivity index (χ2v) is 7.42. The minimum Gasteiger partial charge on any atom is -0.456 e. The van der Waals surface area contributed by atoms with Gasteiger partial charge < -0.3 is 4.74 Å². The second kappa shape index (κ2) is 8.37. The van der Waals surface area contributed by atoms with E-state index in [2.05, 4.69) is 10.1 Å². The number of aromatic nitrogens is 3. The van der Waals surface area contributed by atoms with Crippen molar-refractivity contribution in [3.8, 4) is 10.6 Å². The number of carbonyl (C=O) groups excluding carboxylic acids is 1. The average Bonchev–Trinajstić information content (AvgIpc) is 3.39. The Morgan fingerprint density at radius 1 is 1.11 bits per heavy atom. The number of hydrogen-bond acceptors (Lipinski definition) is 5. The summed E-state index contributed by atoms with van der Waals surface area (Å²) < 4.78 is 7.22. The lowest BCUT2D eigenvalue weighted by Gasteiger charge is -2.05. The molecular weight excluding hydrogens is 394 g/mol. The number of benzene rings is 2. The Bertz CT molecular complexity index is 1060. The Balaban J connectivity index is 1.34. The van der Waals surface area contributed by atoms with Crippen molar-refractivity contribution >= 4 is 28.9 Å². The van der Waals surface area contributed by atoms with E-state index < -0.39 is 0 Å². The molecule has 0 spiro atoms. The van der Waals surface area contributed by atoms with Gasteiger partial charge in [0.25, 0.3) is 0 Å². The highest BCUT2D eigenvalue weighted by molar-refractivity contribution is 7.13. The summed E-state index contributed by atoms with van der Waals surface area (Å²) in [6.45, 7) is 0.798. The van der Waals surface area contributed by atoms with Gasteiger partial charge in [-0.05, 0) is 35.9 Å². The number of esters is 1. The number of rotatable bonds is 6. The van der Waals surface area contributed by atoms with Gasteiger partial charge in [0, 0.05) is 28.4 Å². The number of carbonyl (C=O) groups is 1. The Hall–Kier alpha value is -2.96. The topological polar surface area (TPSA) is 57.0 Å². The van der Waals surface area contributed by atoms with Crippen LogP contribution in [0.15, 0.2) is 72.4 Å². The van der Waals surface area contributed by atoms with Crippen molar-refractivity contribution in [3.63, 3.8) is 0 Å². The Kier molecular flexibility index (Phi) is 5.50. The van der Waals surface area contributed by atoms with Gasteiger partial charge in [0.15, 0.2) is 0 Å². The first kappa shape index (κ1) is 18.4. The van der Waals surface area contributed by atoms with Crippen LogP contribution in [-0.4, -0.2) is 20.7 Å². The summed E-state index contributed by atoms with van der Waals surface area (Å²) in [5.41, 5.74) is 3.28. The maximum atomic E-state index is 12.3. The summed E-state index contributed by atoms with van der Waals surface area (Å²) in [6, 6.07) is 16.7. The smallest absolute Gasteiger partial charge is 0.338 e. The summed E-state index contributed by atoms with van der Waals surface area (Å²) in [4.78, 5) is 16.8. The fourth-order valence-corrected chi connectivity index (χ4v) is 3.58. The van der Waals surface area contributed by atoms with Crippen LogP contribution < -0.4 is 0 Å². The third-order valence-corrected chi connectivity index (χ3v) is 5.28. The second-order valence-electron chi connectivity index (χ2n) is 6.13. The van der Waals surface area contributed by atoms with Crippen molar-refractivity contribution in [1.82, 2.24) is 14.8 Å². The quantitative estimate of drug-likeness (QED) is 0.417. The van der Waals surface area contributed by atoms with E-state index >= 15 is 0 Å². The van der Waals surface area contributed by atoms with Crippen LogP contribution in [0.1, 0.15) is 21.6 Å². The molecule has 0 amide bonds. The molecule has 0 saturated heterocycles. The van der Waals surface area contributed by atoms with E-state index in [9.17, 15) is 4.79 Å². The first-order valence-corrected chi connectivity index (χ1v) is 9.87. The van der Waals surface area contributed by atoms with Crippen molar-refractivity contribution in [2.75, 3.05) is 0 Å². The third-order valence-electron chi connectivity index (χ3n) is 4.09. The Morgan fingerprint density at radius 2 is 1.89 bits per heavy atom. The zero-order valence-corrected chi connectivity index (χ0v) is 16.4. The molecule has 2 aromatic carbocycles. The SMILES string of the molecule is O=C(OCc1csc(-c2ccc(Cl)cc2)n1)c1ccc(Cn2cccn2)cc1. The fraction of sp³-hybridized carbons (Fsp3) is 0.0952. The lowest BCUT2D eigenvalue weighted by molar-refractivity contribution is 0.0468. The molecule has 28 heavy (non-hydrogen) atoms. The molecule has 0 radical (unpaired) electrons. The molecule has 2 heterocycles. The maximum Gasteiger partial charge on any atom is 0.338 e. The van der Waals surface area contributed by atoms with Gasteiger partial charge in [0.1, 0.15) is 11.6 Å². The molecule has 0 aliphatic rings. The summed E-state index contributed by atoms with van der Waals surface area (Å²) in [6.07, 6.45) is 3.64. The minimum atomic E-state index is -0.369. The highest BCUT2D eigenvalue weighted by Crippen LogP contribution is 2.25. The molecule has 0 bridgehead atoms. The molecular formula is C21H16ClN3O2S. The Morgan fingerprint density at radius 3 is 2.61 bits per heavy atom. The summed E-state index contributed by atoms with van der Waals surface area (Å²) in [7, 11) is 0. The zero-order valence-electron chi connectivity index (χ0n) is 14.8. The minimum absolute atomic E-state index is 0.137. The predicted octanol–water partition coefficient (Wildman–Crippen LogP) is 5.07. The fourth-order valence-electron chi connectivity index (χ4n) is 2.65. The molecule has 2 aromatic heterocycles. The molecule has 4 aromatic rings. The van der Waals surface area contributed by atoms with Gasteiger partial charge in [-0.15, -0.1) is 11.3 Å². The van der Waals surface area contributed by atoms with Gasteiger partial charge in [-0.2, -0.15) is 5.10 Å². The summed E-state index contributed by atoms with van der Waals surface area (Å²) >= 11 is 7.42. The molecule has 7 heteroatoms. The van der Waals surface area contributed by atoms with Crippen LogP contribution in [0, 0.1) is 0 Å². The van der Waals surface area contributed by atoms with Crippen LogP contribution in [0.25, 0.3) is 10.6 Å². The molecule has 0 aliphatic carbocycles. The van der Waals surface area contributed by atoms with Gasteiger partial charge in [-0.1, -0.05) is 35.9 Å². The highest BCUT2D eigenvalue weighted by atomic mass is 35.5. The van der Waals surface area contributed by atoms with Crippen LogP contribution in [0.4, 0.5) is 0 Å². The zero-order chi connectivity index (χ0) is 19.3. The maximum absolute atomic E-state index is 12.3. The lowest BCUT2D eigenvalue weighted by atomic mass is 10.1. The molecule has 0 N–H and O–H groups in total. The standard InChI is InChI=1S/C21H16ClN3O2S/c22-18-8-6-16(7-9-18)20-24-19(14-28-20)13-27-21(26)17-4-2-15(3-5-17)12-25-11-1-10-23-25/h1-11,14H,12-13H2. The van der Waals surface area contributed by atoms with Gasteiger partial charge in [0.2, 0.25) is 0 Å². The molecule has 0 aliphatic heterocycles. The van der Waals surface area contributed by atoms with E-state index in [0.29, 0.717) is 17.1 Å². The molecule has 0 unspecified atom stereocenters. The number of ether oxygens (including phenoxy) is 1. The summed E-state index contributed by atoms with van der Waals surface area (Å²) in [5, 5.41) is 7.62. The number of halogens is 1. The van der Waals surface area contributed by atoms with E-state index in [-0.39, 0.29) is 12.6 Å². The van der Waals surface area contributed by atoms with Gasteiger partial charge in [0.05, 0.1) is 17.8 Å². The molecule has 0 fully saturated rings. The molecule has 0 saturated carbocycles. The van der Waals surface area contributed by atoms with Crippen LogP contribution in [-0.2, 0) is 17.9 Å². The lowest BCUT2D eigenvalue weighted by Crippen LogP contribution is -2.06. The molecule has 5 nitrogen and oxygen atoms in total. The van der Waals surface area contributed by atoms with Gasteiger partial charge in [-0.3, -0.25) is 4.68 Å². The average molecular weight is 410 g/mol. The van der Waals surface area contributed by atoms with Crippen molar-refractivity contribution < 1.29 is 9.53 Å². The first-order chi connectivity index (χ1) is 13.7. The van der Waals surface area contributed by atoms with E-state index in [1.807, 2.05) is 58.7 Å². The van der Waals surface area contributed by atoms with Crippen molar-refractivity contribution in [2.45, 2.75) is 13.2 Å². The van der Waals surface area contributed by atoms with E-state index in [1.165, 1.54) is 11.3 Å². The van der Waals surface area contributed by atoms with E-state index in [1.54, 1.807) is 18.3 Å². The van der Waals surface area contributed by atoms with Crippen LogP contribution in [0.3, 0.4) is 0 Å². The van der Waals surface area contributed by atoms with Crippen LogP contribution in [0.5, 0.6) is 0 Å². The first-order valence-electron chi connectivity index (χ1n) is 8.61. The number of nitrogens with zero attached hydrogens (tertiary/aromatic N) is 3. The normalized spacial score (nSPS) is 10.8. The van der Waals surface area contributed by atoms with E-state index in [0.717, 1.165) is 21.8 Å². The van der Waals surface area contributed by atoms with Crippen molar-refractivity contribution in [1.29, 1.82) is 0 Å². The highest BCUT2D eigenvalue weighted by Gasteiger charge is 2.10. The third kappa shape index (κ3) is 4.47.